The van der Waals surface area contributed by atoms with Crippen LogP contribution in [0.25, 0.3) is 22.3 Å². The van der Waals surface area contributed by atoms with E-state index in [1.807, 2.05) is 0 Å². The summed E-state index contributed by atoms with van der Waals surface area (Å²) in [7, 11) is -2.32. The summed E-state index contributed by atoms with van der Waals surface area (Å²) in [5, 5.41) is 3.03. The molecule has 12 heteroatoms. The van der Waals surface area contributed by atoms with E-state index < -0.39 is 46.0 Å². The van der Waals surface area contributed by atoms with Gasteiger partial charge in [0, 0.05) is 29.6 Å². The third kappa shape index (κ3) is 5.31. The molecule has 1 aromatic heterocycles. The number of carbonyl (C=O) groups excluding carboxylic acids is 2. The van der Waals surface area contributed by atoms with Gasteiger partial charge in [-0.15, -0.1) is 0 Å². The van der Waals surface area contributed by atoms with Crippen molar-refractivity contribution in [3.05, 3.63) is 53.3 Å². The second-order valence-corrected chi connectivity index (χ2v) is 10.8. The van der Waals surface area contributed by atoms with Crippen LogP contribution in [0.1, 0.15) is 35.9 Å². The van der Waals surface area contributed by atoms with E-state index in [2.05, 4.69) is 5.32 Å². The van der Waals surface area contributed by atoms with Crippen molar-refractivity contribution in [2.45, 2.75) is 32.1 Å². The number of carbonyl (C=O) groups is 2. The van der Waals surface area contributed by atoms with Gasteiger partial charge in [0.15, 0.2) is 0 Å². The number of rotatable bonds is 6. The second-order valence-electron chi connectivity index (χ2n) is 8.91. The Balaban J connectivity index is 1.86. The number of anilines is 1. The van der Waals surface area contributed by atoms with Crippen LogP contribution in [-0.4, -0.2) is 58.9 Å². The first kappa shape index (κ1) is 26.6. The molecule has 2 aromatic carbocycles. The molecule has 3 aromatic rings. The van der Waals surface area contributed by atoms with Crippen molar-refractivity contribution < 1.29 is 36.3 Å². The zero-order valence-electron chi connectivity index (χ0n) is 20.8. The number of esters is 1. The van der Waals surface area contributed by atoms with Crippen molar-refractivity contribution in [1.29, 1.82) is 0 Å². The van der Waals surface area contributed by atoms with Crippen LogP contribution >= 0.6 is 0 Å². The first-order chi connectivity index (χ1) is 17.4. The molecule has 1 amide bonds. The van der Waals surface area contributed by atoms with E-state index in [-0.39, 0.29) is 30.1 Å². The number of hydrogen-bond acceptors (Lipinski definition) is 8. The Morgan fingerprint density at radius 1 is 1.27 bits per heavy atom. The van der Waals surface area contributed by atoms with Crippen LogP contribution in [0.5, 0.6) is 0 Å². The van der Waals surface area contributed by atoms with E-state index >= 15 is 0 Å². The first-order valence-electron chi connectivity index (χ1n) is 11.5. The van der Waals surface area contributed by atoms with Gasteiger partial charge >= 0.3 is 5.97 Å². The Kier molecular flexibility index (Phi) is 7.27. The molecule has 198 valence electrons. The number of hydrogen-bond donors (Lipinski definition) is 2. The molecular weight excluding hydrogens is 505 g/mol. The van der Waals surface area contributed by atoms with Crippen LogP contribution in [-0.2, 0) is 24.3 Å². The number of ether oxygens (including phenoxy) is 2. The average Bonchev–Trinajstić information content (AvgIpc) is 3.14. The monoisotopic (exact) mass is 533 g/mol. The number of nitrogens with two attached hydrogens (primary N) is 1. The fourth-order valence-corrected chi connectivity index (χ4v) is 5.20. The van der Waals surface area contributed by atoms with Gasteiger partial charge in [0.05, 0.1) is 30.2 Å². The molecule has 1 aliphatic heterocycles. The molecule has 10 nitrogen and oxygen atoms in total. The molecule has 0 saturated carbocycles. The Hall–Kier alpha value is -3.48. The van der Waals surface area contributed by atoms with Crippen molar-refractivity contribution in [2.24, 2.45) is 5.73 Å². The van der Waals surface area contributed by atoms with E-state index in [0.717, 1.165) is 10.6 Å². The molecule has 0 radical (unpaired) electrons. The quantitative estimate of drug-likeness (QED) is 0.461. The lowest BCUT2D eigenvalue weighted by Crippen LogP contribution is -2.40. The Morgan fingerprint density at radius 3 is 2.54 bits per heavy atom. The van der Waals surface area contributed by atoms with E-state index in [1.54, 1.807) is 19.1 Å². The number of nitrogens with one attached hydrogen (secondary N) is 1. The van der Waals surface area contributed by atoms with Gasteiger partial charge in [-0.05, 0) is 44.2 Å². The summed E-state index contributed by atoms with van der Waals surface area (Å²) < 4.78 is 57.7. The molecule has 0 unspecified atom stereocenters. The zero-order chi connectivity index (χ0) is 27.1. The minimum atomic E-state index is -3.80. The van der Waals surface area contributed by atoms with E-state index in [0.29, 0.717) is 22.2 Å². The molecule has 3 N–H and O–H groups in total. The Bertz CT molecular complexity index is 1450. The molecule has 0 saturated heterocycles. The Labute approximate surface area is 213 Å². The maximum Gasteiger partial charge on any atom is 0.322 e. The number of fused-ring (bicyclic) bond motifs is 2. The van der Waals surface area contributed by atoms with Gasteiger partial charge in [0.1, 0.15) is 35.9 Å². The summed E-state index contributed by atoms with van der Waals surface area (Å²) in [5.74, 6) is -1.29. The van der Waals surface area contributed by atoms with Crippen LogP contribution < -0.4 is 15.4 Å². The molecule has 0 aliphatic carbocycles. The lowest BCUT2D eigenvalue weighted by molar-refractivity contribution is -0.150. The highest BCUT2D eigenvalue weighted by molar-refractivity contribution is 7.92. The molecule has 1 aliphatic rings. The van der Waals surface area contributed by atoms with Crippen molar-refractivity contribution in [2.75, 3.05) is 30.8 Å². The molecule has 4 rings (SSSR count). The molecule has 0 spiro atoms. The van der Waals surface area contributed by atoms with Crippen molar-refractivity contribution in [3.63, 3.8) is 0 Å². The number of amides is 1. The fraction of sp³-hybridized carbons (Fsp3) is 0.360. The standard InChI is InChI=1S/C25H28FN3O7S/c1-13(27)25(31)34-12-17-11-29(37(4,32)33)20-10-21-19(9-18(20)14(2)35-17)22(24(30)28-3)23(36-21)15-5-7-16(26)8-6-15/h5-10,13-14,17H,11-12,27H2,1-4H3,(H,28,30)/t13-,14+,17+/m1/s1. The van der Waals surface area contributed by atoms with E-state index in [4.69, 9.17) is 19.6 Å². The summed E-state index contributed by atoms with van der Waals surface area (Å²) in [5.41, 5.74) is 7.32. The largest absolute Gasteiger partial charge is 0.462 e. The predicted octanol–water partition coefficient (Wildman–Crippen LogP) is 2.71. The molecule has 0 bridgehead atoms. The van der Waals surface area contributed by atoms with Crippen LogP contribution in [0.15, 0.2) is 40.8 Å². The lowest BCUT2D eigenvalue weighted by Gasteiger charge is -2.25. The van der Waals surface area contributed by atoms with E-state index in [1.165, 1.54) is 38.2 Å². The minimum absolute atomic E-state index is 0.123. The molecule has 0 fully saturated rings. The smallest absolute Gasteiger partial charge is 0.322 e. The zero-order valence-corrected chi connectivity index (χ0v) is 21.6. The Morgan fingerprint density at radius 2 is 1.95 bits per heavy atom. The number of sulfonamides is 1. The average molecular weight is 534 g/mol. The van der Waals surface area contributed by atoms with E-state index in [9.17, 15) is 22.4 Å². The van der Waals surface area contributed by atoms with Crippen molar-refractivity contribution >= 4 is 38.6 Å². The highest BCUT2D eigenvalue weighted by Gasteiger charge is 2.34. The molecule has 3 atom stereocenters. The summed E-state index contributed by atoms with van der Waals surface area (Å²) in [6.45, 7) is 2.90. The normalized spacial score (nSPS) is 18.7. The predicted molar refractivity (Wildman–Crippen MR) is 135 cm³/mol. The van der Waals surface area contributed by atoms with Gasteiger partial charge in [-0.3, -0.25) is 13.9 Å². The third-order valence-corrected chi connectivity index (χ3v) is 7.20. The SMILES string of the molecule is CNC(=O)c1c(-c2ccc(F)cc2)oc2cc3c(cc12)[C@H](C)O[C@H](COC(=O)[C@@H](C)N)CN3S(C)(=O)=O. The van der Waals surface area contributed by atoms with Gasteiger partial charge in [0.25, 0.3) is 5.91 Å². The summed E-state index contributed by atoms with van der Waals surface area (Å²) in [6.07, 6.45) is -0.351. The number of benzene rings is 2. The summed E-state index contributed by atoms with van der Waals surface area (Å²) in [4.78, 5) is 24.8. The van der Waals surface area contributed by atoms with Crippen LogP contribution in [0, 0.1) is 5.82 Å². The maximum absolute atomic E-state index is 13.5. The topological polar surface area (TPSA) is 141 Å². The molecule has 2 heterocycles. The van der Waals surface area contributed by atoms with Crippen molar-refractivity contribution in [1.82, 2.24) is 5.32 Å². The number of nitrogens with zero attached hydrogens (tertiary/aromatic N) is 1. The number of furan rings is 1. The first-order valence-corrected chi connectivity index (χ1v) is 13.4. The summed E-state index contributed by atoms with van der Waals surface area (Å²) >= 11 is 0. The van der Waals surface area contributed by atoms with Crippen molar-refractivity contribution in [3.8, 4) is 11.3 Å². The highest BCUT2D eigenvalue weighted by atomic mass is 32.2. The van der Waals surface area contributed by atoms with Gasteiger partial charge < -0.3 is 24.9 Å². The summed E-state index contributed by atoms with van der Waals surface area (Å²) in [6, 6.07) is 7.86. The van der Waals surface area contributed by atoms with Gasteiger partial charge in [-0.2, -0.15) is 0 Å². The minimum Gasteiger partial charge on any atom is -0.462 e. The molecular formula is C25H28FN3O7S. The van der Waals surface area contributed by atoms with Gasteiger partial charge in [-0.1, -0.05) is 0 Å². The second kappa shape index (κ2) is 10.1. The fourth-order valence-electron chi connectivity index (χ4n) is 4.25. The highest BCUT2D eigenvalue weighted by Crippen LogP contribution is 2.42. The third-order valence-electron chi connectivity index (χ3n) is 6.05. The van der Waals surface area contributed by atoms with Crippen LogP contribution in [0.4, 0.5) is 10.1 Å². The van der Waals surface area contributed by atoms with Gasteiger partial charge in [0.2, 0.25) is 10.0 Å². The van der Waals surface area contributed by atoms with Crippen LogP contribution in [0.2, 0.25) is 0 Å². The van der Waals surface area contributed by atoms with Gasteiger partial charge in [-0.25, -0.2) is 12.8 Å². The maximum atomic E-state index is 13.5. The van der Waals surface area contributed by atoms with Crippen LogP contribution in [0.3, 0.4) is 0 Å². The molecule has 37 heavy (non-hydrogen) atoms. The number of halogens is 1. The lowest BCUT2D eigenvalue weighted by atomic mass is 10.0.